The molecule has 0 saturated carbocycles. The fourth-order valence-corrected chi connectivity index (χ4v) is 5.24. The van der Waals surface area contributed by atoms with Crippen LogP contribution in [0.3, 0.4) is 0 Å². The third-order valence-corrected chi connectivity index (χ3v) is 7.18. The molecular formula is C31H24F3NO6. The van der Waals surface area contributed by atoms with E-state index < -0.39 is 22.9 Å². The second-order valence-corrected chi connectivity index (χ2v) is 9.62. The summed E-state index contributed by atoms with van der Waals surface area (Å²) in [4.78, 5) is 26.8. The van der Waals surface area contributed by atoms with E-state index in [1.807, 2.05) is 12.1 Å². The molecule has 7 nitrogen and oxygen atoms in total. The number of ether oxygens (including phenoxy) is 2. The summed E-state index contributed by atoms with van der Waals surface area (Å²) in [5, 5.41) is 12.1. The topological polar surface area (TPSA) is 90.9 Å². The number of alkyl halides is 3. The molecule has 0 bridgehead atoms. The predicted molar refractivity (Wildman–Crippen MR) is 150 cm³/mol. The Hall–Kier alpha value is -4.25. The molecule has 0 radical (unpaired) electrons. The summed E-state index contributed by atoms with van der Waals surface area (Å²) in [5.41, 5.74) is 0.786. The van der Waals surface area contributed by atoms with Crippen LogP contribution >= 0.6 is 0 Å². The van der Waals surface area contributed by atoms with Crippen molar-refractivity contribution in [3.8, 4) is 11.1 Å². The van der Waals surface area contributed by atoms with Crippen LogP contribution in [0.2, 0.25) is 0 Å². The van der Waals surface area contributed by atoms with Crippen molar-refractivity contribution in [2.75, 3.05) is 33.0 Å². The Morgan fingerprint density at radius 3 is 1.98 bits per heavy atom. The van der Waals surface area contributed by atoms with Crippen LogP contribution in [0.15, 0.2) is 80.7 Å². The molecule has 0 saturated heterocycles. The minimum Gasteiger partial charge on any atom is -0.456 e. The van der Waals surface area contributed by atoms with E-state index in [9.17, 15) is 22.8 Å². The van der Waals surface area contributed by atoms with Gasteiger partial charge < -0.3 is 19.0 Å². The Morgan fingerprint density at radius 2 is 1.29 bits per heavy atom. The van der Waals surface area contributed by atoms with E-state index in [0.717, 1.165) is 22.1 Å². The molecule has 1 N–H and O–H groups in total. The van der Waals surface area contributed by atoms with Crippen LogP contribution in [0.1, 0.15) is 5.56 Å². The fourth-order valence-electron chi connectivity index (χ4n) is 5.24. The lowest BCUT2D eigenvalue weighted by Gasteiger charge is -2.14. The largest absolute Gasteiger partial charge is 0.456 e. The Balaban J connectivity index is 1.42. The summed E-state index contributed by atoms with van der Waals surface area (Å²) in [6.07, 6.45) is -4.42. The van der Waals surface area contributed by atoms with Gasteiger partial charge in [0.1, 0.15) is 11.2 Å². The van der Waals surface area contributed by atoms with Gasteiger partial charge in [-0.25, -0.2) is 0 Å². The van der Waals surface area contributed by atoms with Crippen LogP contribution in [-0.4, -0.2) is 42.7 Å². The molecule has 10 heteroatoms. The van der Waals surface area contributed by atoms with Crippen LogP contribution in [0.25, 0.3) is 54.6 Å². The van der Waals surface area contributed by atoms with Crippen molar-refractivity contribution in [1.82, 2.24) is 4.57 Å². The van der Waals surface area contributed by atoms with Gasteiger partial charge in [-0.2, -0.15) is 13.2 Å². The molecule has 210 valence electrons. The standard InChI is InChI=1S/C31H24F3NO6/c32-31(33,34)20-4-1-18(2-5-20)19-3-9-25-24(17-19)21-6-7-22-27-23(8-10-26(41-25)28(21)27)30(38)35(29(22)37)11-13-39-15-16-40-14-12-36/h1-10,17,36H,11-16H2. The van der Waals surface area contributed by atoms with Crippen molar-refractivity contribution in [3.05, 3.63) is 93.0 Å². The number of aliphatic hydroxyl groups is 1. The molecule has 6 aromatic rings. The highest BCUT2D eigenvalue weighted by molar-refractivity contribution is 6.26. The van der Waals surface area contributed by atoms with E-state index in [0.29, 0.717) is 49.2 Å². The second-order valence-electron chi connectivity index (χ2n) is 9.62. The number of halogens is 3. The number of rotatable bonds is 9. The molecule has 0 atom stereocenters. The zero-order valence-electron chi connectivity index (χ0n) is 21.7. The number of fused-ring (bicyclic) bond motifs is 2. The number of hydrogen-bond acceptors (Lipinski definition) is 6. The van der Waals surface area contributed by atoms with Crippen LogP contribution < -0.4 is 11.1 Å². The van der Waals surface area contributed by atoms with Gasteiger partial charge in [-0.15, -0.1) is 0 Å². The molecule has 0 aliphatic carbocycles. The Bertz CT molecular complexity index is 1960. The molecule has 0 unspecified atom stereocenters. The maximum Gasteiger partial charge on any atom is 0.416 e. The van der Waals surface area contributed by atoms with Crippen molar-refractivity contribution >= 4 is 43.5 Å². The Kier molecular flexibility index (Phi) is 6.98. The normalized spacial score (nSPS) is 12.4. The zero-order valence-corrected chi connectivity index (χ0v) is 21.7. The van der Waals surface area contributed by atoms with E-state index in [1.165, 1.54) is 12.1 Å². The van der Waals surface area contributed by atoms with Crippen molar-refractivity contribution in [1.29, 1.82) is 0 Å². The van der Waals surface area contributed by atoms with Gasteiger partial charge in [0, 0.05) is 26.9 Å². The maximum absolute atomic E-state index is 13.4. The van der Waals surface area contributed by atoms with Crippen LogP contribution in [0.4, 0.5) is 13.2 Å². The molecule has 2 heterocycles. The van der Waals surface area contributed by atoms with Gasteiger partial charge in [0.25, 0.3) is 11.1 Å². The molecule has 0 amide bonds. The van der Waals surface area contributed by atoms with Gasteiger partial charge in [-0.1, -0.05) is 24.3 Å². The molecule has 0 spiro atoms. The minimum absolute atomic E-state index is 0.0674. The van der Waals surface area contributed by atoms with Gasteiger partial charge >= 0.3 is 6.18 Å². The van der Waals surface area contributed by atoms with Gasteiger partial charge in [0.05, 0.1) is 45.1 Å². The smallest absolute Gasteiger partial charge is 0.416 e. The highest BCUT2D eigenvalue weighted by atomic mass is 19.4. The molecule has 0 aliphatic heterocycles. The lowest BCUT2D eigenvalue weighted by molar-refractivity contribution is -0.137. The van der Waals surface area contributed by atoms with Crippen molar-refractivity contribution < 1.29 is 32.2 Å². The first-order valence-electron chi connectivity index (χ1n) is 13.0. The highest BCUT2D eigenvalue weighted by Gasteiger charge is 2.30. The quantitative estimate of drug-likeness (QED) is 0.141. The number of benzene rings is 4. The van der Waals surface area contributed by atoms with Crippen molar-refractivity contribution in [2.45, 2.75) is 12.7 Å². The van der Waals surface area contributed by atoms with Crippen LogP contribution in [0.5, 0.6) is 0 Å². The summed E-state index contributed by atoms with van der Waals surface area (Å²) in [6.45, 7) is 0.887. The fraction of sp³-hybridized carbons (Fsp3) is 0.226. The van der Waals surface area contributed by atoms with Gasteiger partial charge in [0.2, 0.25) is 0 Å². The first-order chi connectivity index (χ1) is 19.8. The SMILES string of the molecule is O=c1c2ccc3oc4ccc(-c5ccc(C(F)(F)F)cc5)cc4c4ccc(c(=O)n1CCOCCOCCO)c2c34. The monoisotopic (exact) mass is 563 g/mol. The maximum atomic E-state index is 13.4. The summed E-state index contributed by atoms with van der Waals surface area (Å²) in [7, 11) is 0. The lowest BCUT2D eigenvalue weighted by Crippen LogP contribution is -2.34. The average molecular weight is 564 g/mol. The molecule has 4 aromatic carbocycles. The van der Waals surface area contributed by atoms with Crippen molar-refractivity contribution in [2.24, 2.45) is 0 Å². The molecule has 6 rings (SSSR count). The first kappa shape index (κ1) is 26.9. The Labute approximate surface area is 230 Å². The van der Waals surface area contributed by atoms with Gasteiger partial charge in [-0.3, -0.25) is 14.2 Å². The van der Waals surface area contributed by atoms with Gasteiger partial charge in [0.15, 0.2) is 0 Å². The zero-order chi connectivity index (χ0) is 28.7. The summed E-state index contributed by atoms with van der Waals surface area (Å²) >= 11 is 0. The summed E-state index contributed by atoms with van der Waals surface area (Å²) in [6, 6.07) is 17.2. The third kappa shape index (κ3) is 4.84. The molecule has 41 heavy (non-hydrogen) atoms. The highest BCUT2D eigenvalue weighted by Crippen LogP contribution is 2.38. The summed E-state index contributed by atoms with van der Waals surface area (Å²) < 4.78 is 57.1. The summed E-state index contributed by atoms with van der Waals surface area (Å²) in [5.74, 6) is 0. The number of aliphatic hydroxyl groups excluding tert-OH is 1. The van der Waals surface area contributed by atoms with Gasteiger partial charge in [-0.05, 0) is 59.0 Å². The lowest BCUT2D eigenvalue weighted by atomic mass is 9.95. The van der Waals surface area contributed by atoms with Crippen LogP contribution in [-0.2, 0) is 22.2 Å². The second kappa shape index (κ2) is 10.6. The average Bonchev–Trinajstić information content (AvgIpc) is 2.97. The number of nitrogens with zero attached hydrogens (tertiary/aromatic N) is 1. The predicted octanol–water partition coefficient (Wildman–Crippen LogP) is 5.56. The third-order valence-electron chi connectivity index (χ3n) is 7.18. The van der Waals surface area contributed by atoms with E-state index in [1.54, 1.807) is 30.3 Å². The van der Waals surface area contributed by atoms with E-state index in [-0.39, 0.29) is 39.6 Å². The molecule has 0 aliphatic rings. The van der Waals surface area contributed by atoms with E-state index in [4.69, 9.17) is 19.0 Å². The minimum atomic E-state index is -4.42. The molecular weight excluding hydrogens is 539 g/mol. The molecule has 0 fully saturated rings. The number of aromatic nitrogens is 1. The number of pyridine rings is 1. The number of hydrogen-bond donors (Lipinski definition) is 1. The Morgan fingerprint density at radius 1 is 0.683 bits per heavy atom. The van der Waals surface area contributed by atoms with Crippen LogP contribution in [0, 0.1) is 0 Å². The first-order valence-corrected chi connectivity index (χ1v) is 13.0. The molecule has 2 aromatic heterocycles. The van der Waals surface area contributed by atoms with E-state index in [2.05, 4.69) is 0 Å². The van der Waals surface area contributed by atoms with E-state index >= 15 is 0 Å². The van der Waals surface area contributed by atoms with Crippen molar-refractivity contribution in [3.63, 3.8) is 0 Å².